The Labute approximate surface area is 177 Å². The third-order valence-electron chi connectivity index (χ3n) is 5.47. The molecule has 0 aliphatic carbocycles. The monoisotopic (exact) mass is 409 g/mol. The first-order valence-corrected chi connectivity index (χ1v) is 11.5. The summed E-state index contributed by atoms with van der Waals surface area (Å²) in [6.45, 7) is 13.9. The molecular formula is C23H43N3O3. The number of hydrogen-bond acceptors (Lipinski definition) is 5. The lowest BCUT2D eigenvalue weighted by Crippen LogP contribution is -2.48. The van der Waals surface area contributed by atoms with E-state index < -0.39 is 0 Å². The lowest BCUT2D eigenvalue weighted by atomic mass is 10.0. The zero-order valence-corrected chi connectivity index (χ0v) is 19.2. The Balaban J connectivity index is 2.03. The summed E-state index contributed by atoms with van der Waals surface area (Å²) < 4.78 is 0. The van der Waals surface area contributed by atoms with Crippen molar-refractivity contribution in [1.82, 2.24) is 15.1 Å². The van der Waals surface area contributed by atoms with E-state index in [4.69, 9.17) is 0 Å². The third-order valence-corrected chi connectivity index (χ3v) is 5.47. The van der Waals surface area contributed by atoms with Gasteiger partial charge in [0.1, 0.15) is 5.78 Å². The second-order valence-corrected chi connectivity index (χ2v) is 9.17. The van der Waals surface area contributed by atoms with Crippen LogP contribution in [0.15, 0.2) is 0 Å². The van der Waals surface area contributed by atoms with Gasteiger partial charge in [-0.25, -0.2) is 0 Å². The standard InChI is InChI=1S/C23H43N3O3/c1-19(2)17-24-23(29)16-21(27)18-26-14-12-25(13-15-26)11-9-7-5-6-8-10-22(28)20(3)4/h19-20H,5-18H2,1-4H3,(H,24,29). The molecule has 0 saturated carbocycles. The molecule has 0 bridgehead atoms. The normalized spacial score (nSPS) is 15.8. The highest BCUT2D eigenvalue weighted by Gasteiger charge is 2.19. The molecule has 0 atom stereocenters. The van der Waals surface area contributed by atoms with Crippen LogP contribution in [-0.2, 0) is 14.4 Å². The highest BCUT2D eigenvalue weighted by molar-refractivity contribution is 5.98. The van der Waals surface area contributed by atoms with Crippen molar-refractivity contribution in [1.29, 1.82) is 0 Å². The Morgan fingerprint density at radius 1 is 0.828 bits per heavy atom. The molecule has 29 heavy (non-hydrogen) atoms. The topological polar surface area (TPSA) is 69.7 Å². The number of piperazine rings is 1. The number of carbonyl (C=O) groups excluding carboxylic acids is 3. The van der Waals surface area contributed by atoms with Crippen molar-refractivity contribution in [2.45, 2.75) is 72.6 Å². The minimum Gasteiger partial charge on any atom is -0.355 e. The van der Waals surface area contributed by atoms with Crippen molar-refractivity contribution in [3.63, 3.8) is 0 Å². The lowest BCUT2D eigenvalue weighted by Gasteiger charge is -2.34. The minimum atomic E-state index is -0.157. The molecule has 6 nitrogen and oxygen atoms in total. The fourth-order valence-electron chi connectivity index (χ4n) is 3.49. The van der Waals surface area contributed by atoms with Crippen LogP contribution in [0.4, 0.5) is 0 Å². The van der Waals surface area contributed by atoms with Gasteiger partial charge in [0.15, 0.2) is 5.78 Å². The van der Waals surface area contributed by atoms with Gasteiger partial charge in [-0.3, -0.25) is 19.3 Å². The summed E-state index contributed by atoms with van der Waals surface area (Å²) in [6.07, 6.45) is 6.54. The van der Waals surface area contributed by atoms with Gasteiger partial charge in [0.2, 0.25) is 5.91 Å². The van der Waals surface area contributed by atoms with Crippen molar-refractivity contribution in [3.05, 3.63) is 0 Å². The molecule has 0 unspecified atom stereocenters. The largest absolute Gasteiger partial charge is 0.355 e. The molecule has 0 aromatic heterocycles. The Kier molecular flexibility index (Phi) is 13.0. The molecule has 1 aliphatic rings. The van der Waals surface area contributed by atoms with E-state index in [1.54, 1.807) is 0 Å². The molecule has 0 radical (unpaired) electrons. The van der Waals surface area contributed by atoms with E-state index >= 15 is 0 Å². The average Bonchev–Trinajstić information content (AvgIpc) is 2.66. The van der Waals surface area contributed by atoms with Gasteiger partial charge in [-0.15, -0.1) is 0 Å². The molecule has 0 spiro atoms. The molecule has 1 fully saturated rings. The number of carbonyl (C=O) groups is 3. The predicted octanol–water partition coefficient (Wildman–Crippen LogP) is 2.90. The van der Waals surface area contributed by atoms with E-state index in [1.165, 1.54) is 19.3 Å². The van der Waals surface area contributed by atoms with E-state index in [9.17, 15) is 14.4 Å². The van der Waals surface area contributed by atoms with Gasteiger partial charge in [0, 0.05) is 45.1 Å². The molecule has 0 aromatic rings. The first-order valence-electron chi connectivity index (χ1n) is 11.5. The van der Waals surface area contributed by atoms with Crippen molar-refractivity contribution in [3.8, 4) is 0 Å². The van der Waals surface area contributed by atoms with Gasteiger partial charge < -0.3 is 10.2 Å². The molecule has 6 heteroatoms. The Morgan fingerprint density at radius 3 is 2.03 bits per heavy atom. The molecule has 168 valence electrons. The zero-order chi connectivity index (χ0) is 21.6. The van der Waals surface area contributed by atoms with E-state index in [1.807, 2.05) is 27.7 Å². The number of nitrogens with zero attached hydrogens (tertiary/aromatic N) is 2. The van der Waals surface area contributed by atoms with E-state index in [2.05, 4.69) is 15.1 Å². The predicted molar refractivity (Wildman–Crippen MR) is 118 cm³/mol. The summed E-state index contributed by atoms with van der Waals surface area (Å²) in [7, 11) is 0. The van der Waals surface area contributed by atoms with Crippen LogP contribution in [0.25, 0.3) is 0 Å². The van der Waals surface area contributed by atoms with Crippen LogP contribution in [0, 0.1) is 11.8 Å². The number of nitrogens with one attached hydrogen (secondary N) is 1. The van der Waals surface area contributed by atoms with Gasteiger partial charge in [0.05, 0.1) is 13.0 Å². The minimum absolute atomic E-state index is 0.00427. The molecular weight excluding hydrogens is 366 g/mol. The van der Waals surface area contributed by atoms with Gasteiger partial charge in [0.25, 0.3) is 0 Å². The van der Waals surface area contributed by atoms with Crippen LogP contribution in [0.5, 0.6) is 0 Å². The molecule has 1 amide bonds. The molecule has 1 heterocycles. The second kappa shape index (κ2) is 14.7. The molecule has 0 aromatic carbocycles. The van der Waals surface area contributed by atoms with Crippen molar-refractivity contribution in [2.75, 3.05) is 45.8 Å². The molecule has 1 rings (SSSR count). The van der Waals surface area contributed by atoms with Crippen molar-refractivity contribution in [2.24, 2.45) is 11.8 Å². The Bertz CT molecular complexity index is 498. The highest BCUT2D eigenvalue weighted by atomic mass is 16.2. The van der Waals surface area contributed by atoms with Crippen LogP contribution in [-0.4, -0.2) is 73.1 Å². The SMILES string of the molecule is CC(C)CNC(=O)CC(=O)CN1CCN(CCCCCCCC(=O)C(C)C)CC1. The number of hydrogen-bond donors (Lipinski definition) is 1. The first kappa shape index (κ1) is 25.8. The Morgan fingerprint density at radius 2 is 1.41 bits per heavy atom. The van der Waals surface area contributed by atoms with Crippen LogP contribution in [0.3, 0.4) is 0 Å². The smallest absolute Gasteiger partial charge is 0.227 e. The maximum Gasteiger partial charge on any atom is 0.227 e. The maximum atomic E-state index is 12.1. The van der Waals surface area contributed by atoms with Crippen LogP contribution in [0.2, 0.25) is 0 Å². The van der Waals surface area contributed by atoms with E-state index in [0.29, 0.717) is 24.8 Å². The summed E-state index contributed by atoms with van der Waals surface area (Å²) in [5.74, 6) is 0.811. The maximum absolute atomic E-state index is 12.1. The quantitative estimate of drug-likeness (QED) is 0.333. The summed E-state index contributed by atoms with van der Waals surface area (Å²) in [5, 5.41) is 2.81. The van der Waals surface area contributed by atoms with Crippen molar-refractivity contribution >= 4 is 17.5 Å². The summed E-state index contributed by atoms with van der Waals surface area (Å²) in [6, 6.07) is 0. The van der Waals surface area contributed by atoms with Crippen LogP contribution in [0.1, 0.15) is 72.6 Å². The number of Topliss-reactive ketones (excluding diaryl/α,β-unsaturated/α-hetero) is 2. The number of rotatable bonds is 15. The molecule has 1 aliphatic heterocycles. The fraction of sp³-hybridized carbons (Fsp3) is 0.870. The van der Waals surface area contributed by atoms with Crippen LogP contribution >= 0.6 is 0 Å². The van der Waals surface area contributed by atoms with Gasteiger partial charge >= 0.3 is 0 Å². The van der Waals surface area contributed by atoms with Gasteiger partial charge in [-0.2, -0.15) is 0 Å². The number of unbranched alkanes of at least 4 members (excludes halogenated alkanes) is 4. The summed E-state index contributed by atoms with van der Waals surface area (Å²) in [5.41, 5.74) is 0. The zero-order valence-electron chi connectivity index (χ0n) is 19.2. The fourth-order valence-corrected chi connectivity index (χ4v) is 3.49. The average molecular weight is 410 g/mol. The lowest BCUT2D eigenvalue weighted by molar-refractivity contribution is -0.129. The van der Waals surface area contributed by atoms with E-state index in [0.717, 1.165) is 52.0 Å². The first-order chi connectivity index (χ1) is 13.8. The van der Waals surface area contributed by atoms with Gasteiger partial charge in [-0.1, -0.05) is 47.0 Å². The van der Waals surface area contributed by atoms with E-state index in [-0.39, 0.29) is 24.0 Å². The van der Waals surface area contributed by atoms with Crippen molar-refractivity contribution < 1.29 is 14.4 Å². The molecule has 1 N–H and O–H groups in total. The second-order valence-electron chi connectivity index (χ2n) is 9.17. The summed E-state index contributed by atoms with van der Waals surface area (Å²) >= 11 is 0. The number of ketones is 2. The highest BCUT2D eigenvalue weighted by Crippen LogP contribution is 2.10. The Hall–Kier alpha value is -1.27. The molecule has 1 saturated heterocycles. The number of amides is 1. The van der Waals surface area contributed by atoms with Gasteiger partial charge in [-0.05, 0) is 25.3 Å². The summed E-state index contributed by atoms with van der Waals surface area (Å²) in [4.78, 5) is 40.1. The van der Waals surface area contributed by atoms with Crippen LogP contribution < -0.4 is 5.32 Å². The third kappa shape index (κ3) is 12.8.